The number of rotatable bonds is 1. The summed E-state index contributed by atoms with van der Waals surface area (Å²) in [5, 5.41) is 38.4. The van der Waals surface area contributed by atoms with Crippen LogP contribution >= 0.6 is 0 Å². The van der Waals surface area contributed by atoms with Crippen molar-refractivity contribution in [3.05, 3.63) is 58.8 Å². The number of aliphatic hydroxyl groups is 3. The minimum absolute atomic E-state index is 0.0343. The fourth-order valence-electron chi connectivity index (χ4n) is 12.9. The predicted molar refractivity (Wildman–Crippen MR) is 164 cm³/mol. The van der Waals surface area contributed by atoms with Gasteiger partial charge in [0.15, 0.2) is 5.60 Å². The van der Waals surface area contributed by atoms with Gasteiger partial charge in [0.05, 0.1) is 17.8 Å². The lowest BCUT2D eigenvalue weighted by Gasteiger charge is -2.66. The van der Waals surface area contributed by atoms with E-state index >= 15 is 0 Å². The molecule has 0 bridgehead atoms. The highest BCUT2D eigenvalue weighted by atomic mass is 16.7. The van der Waals surface area contributed by atoms with Crippen LogP contribution in [0.1, 0.15) is 95.2 Å². The summed E-state index contributed by atoms with van der Waals surface area (Å²) in [4.78, 5) is 3.91. The molecule has 3 saturated carbocycles. The monoisotopic (exact) mass is 599 g/mol. The van der Waals surface area contributed by atoms with E-state index in [0.717, 1.165) is 65.4 Å². The van der Waals surface area contributed by atoms with Crippen LogP contribution < -0.4 is 0 Å². The van der Waals surface area contributed by atoms with E-state index in [0.29, 0.717) is 6.42 Å². The molecule has 7 nitrogen and oxygen atoms in total. The van der Waals surface area contributed by atoms with Crippen LogP contribution in [-0.2, 0) is 31.6 Å². The molecule has 2 aromatic rings. The Balaban J connectivity index is 1.20. The lowest BCUT2D eigenvalue weighted by molar-refractivity contribution is -0.281. The zero-order valence-electron chi connectivity index (χ0n) is 26.5. The Morgan fingerprint density at radius 1 is 1.07 bits per heavy atom. The molecular formula is C37H45NO6. The highest BCUT2D eigenvalue weighted by Gasteiger charge is 2.87. The molecule has 0 radical (unpaired) electrons. The number of aliphatic hydroxyl groups excluding tert-OH is 1. The van der Waals surface area contributed by atoms with Crippen molar-refractivity contribution in [3.63, 3.8) is 0 Å². The zero-order valence-corrected chi connectivity index (χ0v) is 26.5. The van der Waals surface area contributed by atoms with Crippen LogP contribution in [0.3, 0.4) is 0 Å². The van der Waals surface area contributed by atoms with Gasteiger partial charge in [0.2, 0.25) is 0 Å². The summed E-state index contributed by atoms with van der Waals surface area (Å²) in [5.74, 6) is 0.140. The largest absolute Gasteiger partial charge is 0.387 e. The minimum Gasteiger partial charge on any atom is -0.387 e. The molecule has 234 valence electrons. The van der Waals surface area contributed by atoms with Gasteiger partial charge in [-0.1, -0.05) is 38.6 Å². The lowest BCUT2D eigenvalue weighted by atomic mass is 9.40. The van der Waals surface area contributed by atoms with E-state index < -0.39 is 51.5 Å². The molecule has 13 atom stereocenters. The van der Waals surface area contributed by atoms with Gasteiger partial charge in [-0.3, -0.25) is 0 Å². The normalized spacial score (nSPS) is 53.4. The Morgan fingerprint density at radius 3 is 2.59 bits per heavy atom. The fraction of sp³-hybridized carbons (Fsp3) is 0.676. The van der Waals surface area contributed by atoms with E-state index in [9.17, 15) is 15.3 Å². The minimum atomic E-state index is -1.21. The summed E-state index contributed by atoms with van der Waals surface area (Å²) < 4.78 is 20.4. The second-order valence-corrected chi connectivity index (χ2v) is 16.9. The number of hydrogen-bond acceptors (Lipinski definition) is 6. The molecule has 1 spiro atoms. The number of ether oxygens (including phenoxy) is 3. The van der Waals surface area contributed by atoms with Crippen molar-refractivity contribution in [2.75, 3.05) is 0 Å². The van der Waals surface area contributed by atoms with Crippen molar-refractivity contribution in [2.45, 2.75) is 131 Å². The number of aromatic nitrogens is 1. The second-order valence-electron chi connectivity index (χ2n) is 16.9. The van der Waals surface area contributed by atoms with E-state index in [1.54, 1.807) is 0 Å². The maximum atomic E-state index is 13.2. The number of epoxide rings is 1. The van der Waals surface area contributed by atoms with Crippen molar-refractivity contribution in [3.8, 4) is 0 Å². The summed E-state index contributed by atoms with van der Waals surface area (Å²) in [6.07, 6.45) is 2.22. The SMILES string of the molecule is C=C(C)[C@H]1O[C@H]2CC[C@@]3(C)[C@](O)(CC[C@@H]4[C@H]5OC(C)(C)[C@@H]6C[C@H]7C(=C)Cc8ccc9[nH]c(c5c9c8[C@]76O)[C@@]43C)[C@]23O[C@@H]3[C@@H]1O. The predicted octanol–water partition coefficient (Wildman–Crippen LogP) is 5.01. The molecule has 0 amide bonds. The van der Waals surface area contributed by atoms with Crippen molar-refractivity contribution in [1.82, 2.24) is 4.98 Å². The Kier molecular flexibility index (Phi) is 4.58. The van der Waals surface area contributed by atoms with E-state index in [1.165, 1.54) is 11.1 Å². The van der Waals surface area contributed by atoms with Crippen molar-refractivity contribution < 1.29 is 29.5 Å². The zero-order chi connectivity index (χ0) is 30.7. The maximum Gasteiger partial charge on any atom is 0.153 e. The first-order valence-corrected chi connectivity index (χ1v) is 16.8. The molecule has 44 heavy (non-hydrogen) atoms. The van der Waals surface area contributed by atoms with Crippen LogP contribution in [0.25, 0.3) is 10.9 Å². The molecule has 10 rings (SSSR count). The molecule has 7 heteroatoms. The van der Waals surface area contributed by atoms with E-state index in [2.05, 4.69) is 58.0 Å². The highest BCUT2D eigenvalue weighted by molar-refractivity contribution is 5.93. The summed E-state index contributed by atoms with van der Waals surface area (Å²) in [6, 6.07) is 4.36. The van der Waals surface area contributed by atoms with Gasteiger partial charge < -0.3 is 34.5 Å². The first-order valence-electron chi connectivity index (χ1n) is 16.8. The average molecular weight is 600 g/mol. The summed E-state index contributed by atoms with van der Waals surface area (Å²) in [5.41, 5.74) is 2.76. The number of aromatic amines is 1. The van der Waals surface area contributed by atoms with Gasteiger partial charge in [-0.15, -0.1) is 0 Å². The van der Waals surface area contributed by atoms with Crippen molar-refractivity contribution >= 4 is 10.9 Å². The Hall–Kier alpha value is -2.00. The first-order chi connectivity index (χ1) is 20.7. The summed E-state index contributed by atoms with van der Waals surface area (Å²) in [7, 11) is 0. The van der Waals surface area contributed by atoms with E-state index in [4.69, 9.17) is 14.2 Å². The average Bonchev–Trinajstić information content (AvgIpc) is 3.53. The van der Waals surface area contributed by atoms with Crippen LogP contribution in [0.5, 0.6) is 0 Å². The Morgan fingerprint density at radius 2 is 1.84 bits per heavy atom. The molecule has 8 aliphatic rings. The van der Waals surface area contributed by atoms with Gasteiger partial charge in [0.1, 0.15) is 29.5 Å². The van der Waals surface area contributed by atoms with Crippen LogP contribution in [-0.4, -0.2) is 61.5 Å². The van der Waals surface area contributed by atoms with Crippen molar-refractivity contribution in [2.24, 2.45) is 23.2 Å². The molecule has 2 saturated heterocycles. The molecule has 5 aliphatic carbocycles. The van der Waals surface area contributed by atoms with Crippen LogP contribution in [0, 0.1) is 23.2 Å². The first kappa shape index (κ1) is 27.1. The number of H-pyrrole nitrogens is 1. The smallest absolute Gasteiger partial charge is 0.153 e. The quantitative estimate of drug-likeness (QED) is 0.271. The summed E-state index contributed by atoms with van der Waals surface area (Å²) >= 11 is 0. The van der Waals surface area contributed by atoms with Crippen LogP contribution in [0.15, 0.2) is 36.4 Å². The number of fused-ring (bicyclic) bond motifs is 5. The summed E-state index contributed by atoms with van der Waals surface area (Å²) in [6.45, 7) is 19.3. The molecule has 3 aliphatic heterocycles. The molecule has 0 unspecified atom stereocenters. The molecule has 4 heterocycles. The van der Waals surface area contributed by atoms with Crippen LogP contribution in [0.4, 0.5) is 0 Å². The third-order valence-electron chi connectivity index (χ3n) is 15.1. The van der Waals surface area contributed by atoms with Gasteiger partial charge >= 0.3 is 0 Å². The standard InChI is InChI=1S/C37H45NO6/c1-16(2)28-27(39)31-37(44-31)23(42-28)11-12-33(6)34(7)19(10-13-35(33,37)40)29-25-24-21(38-30(25)34)9-8-18-14-17(3)20-15-22(32(4,5)43-29)36(20,41)26(18)24/h8-9,19-20,22-23,27-29,31,38-41H,1,3,10-15H2,2,4-7H3/t19-,20+,22+,23+,27-,28-,29-,31-,33-,34-,35-,36+,37+/m1/s1. The lowest BCUT2D eigenvalue weighted by Crippen LogP contribution is -2.76. The van der Waals surface area contributed by atoms with Gasteiger partial charge in [-0.2, -0.15) is 0 Å². The van der Waals surface area contributed by atoms with E-state index in [-0.39, 0.29) is 30.0 Å². The fourth-order valence-corrected chi connectivity index (χ4v) is 12.9. The Labute approximate surface area is 258 Å². The topological polar surface area (TPSA) is 107 Å². The molecule has 1 aromatic carbocycles. The number of nitrogens with one attached hydrogen (secondary N) is 1. The van der Waals surface area contributed by atoms with Gasteiger partial charge in [-0.25, -0.2) is 0 Å². The van der Waals surface area contributed by atoms with Crippen molar-refractivity contribution in [1.29, 1.82) is 0 Å². The van der Waals surface area contributed by atoms with Gasteiger partial charge in [0, 0.05) is 50.7 Å². The third kappa shape index (κ3) is 2.44. The molecule has 4 N–H and O–H groups in total. The second kappa shape index (κ2) is 7.42. The molecular weight excluding hydrogens is 554 g/mol. The molecule has 1 aromatic heterocycles. The van der Waals surface area contributed by atoms with Crippen LogP contribution in [0.2, 0.25) is 0 Å². The third-order valence-corrected chi connectivity index (χ3v) is 15.1. The van der Waals surface area contributed by atoms with E-state index in [1.807, 2.05) is 6.92 Å². The highest BCUT2D eigenvalue weighted by Crippen LogP contribution is 2.78. The number of benzene rings is 1. The van der Waals surface area contributed by atoms with Gasteiger partial charge in [-0.05, 0) is 82.1 Å². The Bertz CT molecular complexity index is 1740. The maximum absolute atomic E-state index is 13.2. The van der Waals surface area contributed by atoms with Gasteiger partial charge in [0.25, 0.3) is 0 Å². The number of hydrogen-bond donors (Lipinski definition) is 4. The molecule has 5 fully saturated rings.